The van der Waals surface area contributed by atoms with Crippen LogP contribution in [-0.2, 0) is 10.0 Å². The van der Waals surface area contributed by atoms with Gasteiger partial charge in [-0.15, -0.1) is 0 Å². The molecule has 1 aliphatic heterocycles. The number of carbonyl (C=O) groups is 1. The van der Waals surface area contributed by atoms with Gasteiger partial charge in [-0.1, -0.05) is 26.0 Å². The van der Waals surface area contributed by atoms with Gasteiger partial charge in [0.1, 0.15) is 5.76 Å². The Bertz CT molecular complexity index is 910. The number of aryl methyl sites for hydroxylation is 1. The smallest absolute Gasteiger partial charge is 0.287 e. The predicted molar refractivity (Wildman–Crippen MR) is 108 cm³/mol. The second-order valence-electron chi connectivity index (χ2n) is 7.44. The molecule has 1 unspecified atom stereocenters. The van der Waals surface area contributed by atoms with E-state index in [1.54, 1.807) is 31.2 Å². The normalized spacial score (nSPS) is 17.4. The highest BCUT2D eigenvalue weighted by Crippen LogP contribution is 2.24. The van der Waals surface area contributed by atoms with Gasteiger partial charge in [0.25, 0.3) is 5.91 Å². The fourth-order valence-corrected chi connectivity index (χ4v) is 4.88. The minimum atomic E-state index is -3.51. The number of furan rings is 1. The van der Waals surface area contributed by atoms with Gasteiger partial charge in [-0.05, 0) is 61.9 Å². The topological polar surface area (TPSA) is 79.6 Å². The van der Waals surface area contributed by atoms with Crippen LogP contribution in [0.3, 0.4) is 0 Å². The number of sulfonamides is 1. The first-order valence-electron chi connectivity index (χ1n) is 9.78. The minimum Gasteiger partial charge on any atom is -0.456 e. The first-order valence-corrected chi connectivity index (χ1v) is 11.2. The van der Waals surface area contributed by atoms with Crippen molar-refractivity contribution in [2.24, 2.45) is 0 Å². The van der Waals surface area contributed by atoms with Gasteiger partial charge in [-0.2, -0.15) is 4.31 Å². The lowest BCUT2D eigenvalue weighted by molar-refractivity contribution is 0.0894. The standard InChI is InChI=1S/C21H28N2O4S/c1-4-15(2)17-6-8-19(9-7-17)28(25,26)23-13-11-18(12-14-23)22-21(24)20-10-5-16(3)27-20/h5-10,15,18H,4,11-14H2,1-3H3,(H,22,24). The van der Waals surface area contributed by atoms with Crippen molar-refractivity contribution in [1.29, 1.82) is 0 Å². The lowest BCUT2D eigenvalue weighted by Crippen LogP contribution is -2.46. The molecule has 1 N–H and O–H groups in total. The van der Waals surface area contributed by atoms with Gasteiger partial charge in [0.15, 0.2) is 5.76 Å². The number of nitrogens with one attached hydrogen (secondary N) is 1. The maximum absolute atomic E-state index is 12.9. The maximum Gasteiger partial charge on any atom is 0.287 e. The number of nitrogens with zero attached hydrogens (tertiary/aromatic N) is 1. The molecule has 2 heterocycles. The third kappa shape index (κ3) is 4.47. The summed E-state index contributed by atoms with van der Waals surface area (Å²) < 4.78 is 32.7. The summed E-state index contributed by atoms with van der Waals surface area (Å²) in [7, 11) is -3.51. The zero-order valence-electron chi connectivity index (χ0n) is 16.6. The molecule has 28 heavy (non-hydrogen) atoms. The summed E-state index contributed by atoms with van der Waals surface area (Å²) >= 11 is 0. The fraction of sp³-hybridized carbons (Fsp3) is 0.476. The van der Waals surface area contributed by atoms with Crippen molar-refractivity contribution in [2.45, 2.75) is 56.9 Å². The van der Waals surface area contributed by atoms with Crippen LogP contribution in [0.15, 0.2) is 45.7 Å². The van der Waals surface area contributed by atoms with Crippen LogP contribution in [0.4, 0.5) is 0 Å². The Hall–Kier alpha value is -2.12. The van der Waals surface area contributed by atoms with Crippen molar-refractivity contribution in [1.82, 2.24) is 9.62 Å². The summed E-state index contributed by atoms with van der Waals surface area (Å²) in [6.07, 6.45) is 2.17. The Balaban J connectivity index is 1.59. The molecule has 2 aromatic rings. The number of benzene rings is 1. The lowest BCUT2D eigenvalue weighted by atomic mass is 9.99. The van der Waals surface area contributed by atoms with Crippen molar-refractivity contribution in [2.75, 3.05) is 13.1 Å². The molecule has 6 nitrogen and oxygen atoms in total. The van der Waals surface area contributed by atoms with Crippen molar-refractivity contribution < 1.29 is 17.6 Å². The fourth-order valence-electron chi connectivity index (χ4n) is 3.41. The minimum absolute atomic E-state index is 0.0582. The second-order valence-corrected chi connectivity index (χ2v) is 9.38. The second kappa shape index (κ2) is 8.49. The number of hydrogen-bond donors (Lipinski definition) is 1. The van der Waals surface area contributed by atoms with Gasteiger partial charge in [0.05, 0.1) is 4.90 Å². The average molecular weight is 405 g/mol. The largest absolute Gasteiger partial charge is 0.456 e. The highest BCUT2D eigenvalue weighted by atomic mass is 32.2. The quantitative estimate of drug-likeness (QED) is 0.796. The first kappa shape index (κ1) is 20.6. The van der Waals surface area contributed by atoms with E-state index in [0.29, 0.717) is 42.5 Å². The molecule has 152 valence electrons. The predicted octanol–water partition coefficient (Wildman–Crippen LogP) is 3.68. The molecule has 7 heteroatoms. The Morgan fingerprint density at radius 3 is 2.36 bits per heavy atom. The van der Waals surface area contributed by atoms with Gasteiger partial charge in [-0.3, -0.25) is 4.79 Å². The highest BCUT2D eigenvalue weighted by molar-refractivity contribution is 7.89. The number of piperidine rings is 1. The number of hydrogen-bond acceptors (Lipinski definition) is 4. The number of carbonyl (C=O) groups excluding carboxylic acids is 1. The molecule has 1 aromatic carbocycles. The lowest BCUT2D eigenvalue weighted by Gasteiger charge is -2.31. The van der Waals surface area contributed by atoms with E-state index in [9.17, 15) is 13.2 Å². The Morgan fingerprint density at radius 1 is 1.18 bits per heavy atom. The van der Waals surface area contributed by atoms with E-state index < -0.39 is 10.0 Å². The van der Waals surface area contributed by atoms with E-state index in [0.717, 1.165) is 12.0 Å². The van der Waals surface area contributed by atoms with E-state index in [-0.39, 0.29) is 17.7 Å². The third-order valence-electron chi connectivity index (χ3n) is 5.45. The maximum atomic E-state index is 12.9. The summed E-state index contributed by atoms with van der Waals surface area (Å²) in [5.41, 5.74) is 1.15. The van der Waals surface area contributed by atoms with Gasteiger partial charge in [0.2, 0.25) is 10.0 Å². The highest BCUT2D eigenvalue weighted by Gasteiger charge is 2.30. The Morgan fingerprint density at radius 2 is 1.82 bits per heavy atom. The first-order chi connectivity index (χ1) is 13.3. The molecule has 1 saturated heterocycles. The summed E-state index contributed by atoms with van der Waals surface area (Å²) in [6.45, 7) is 6.81. The monoisotopic (exact) mass is 404 g/mol. The van der Waals surface area contributed by atoms with Crippen molar-refractivity contribution in [3.8, 4) is 0 Å². The number of rotatable bonds is 6. The van der Waals surface area contributed by atoms with Gasteiger partial charge >= 0.3 is 0 Å². The van der Waals surface area contributed by atoms with E-state index >= 15 is 0 Å². The summed E-state index contributed by atoms with van der Waals surface area (Å²) in [4.78, 5) is 12.5. The van der Waals surface area contributed by atoms with Crippen LogP contribution >= 0.6 is 0 Å². The SMILES string of the molecule is CCC(C)c1ccc(S(=O)(=O)N2CCC(NC(=O)c3ccc(C)o3)CC2)cc1. The zero-order valence-corrected chi connectivity index (χ0v) is 17.5. The molecule has 0 spiro atoms. The van der Waals surface area contributed by atoms with E-state index in [4.69, 9.17) is 4.42 Å². The molecular formula is C21H28N2O4S. The third-order valence-corrected chi connectivity index (χ3v) is 7.37. The molecule has 3 rings (SSSR count). The molecule has 0 bridgehead atoms. The molecule has 1 fully saturated rings. The molecular weight excluding hydrogens is 376 g/mol. The molecule has 0 saturated carbocycles. The molecule has 1 amide bonds. The van der Waals surface area contributed by atoms with Gasteiger partial charge < -0.3 is 9.73 Å². The van der Waals surface area contributed by atoms with Crippen LogP contribution in [0.5, 0.6) is 0 Å². The van der Waals surface area contributed by atoms with Crippen LogP contribution < -0.4 is 5.32 Å². The van der Waals surface area contributed by atoms with E-state index in [1.165, 1.54) is 4.31 Å². The Kier molecular flexibility index (Phi) is 6.25. The van der Waals surface area contributed by atoms with Gasteiger partial charge in [0, 0.05) is 19.1 Å². The van der Waals surface area contributed by atoms with Crippen LogP contribution in [0.2, 0.25) is 0 Å². The molecule has 1 atom stereocenters. The van der Waals surface area contributed by atoms with E-state index in [2.05, 4.69) is 19.2 Å². The van der Waals surface area contributed by atoms with Crippen LogP contribution in [0, 0.1) is 6.92 Å². The summed E-state index contributed by atoms with van der Waals surface area (Å²) in [5.74, 6) is 1.13. The van der Waals surface area contributed by atoms with Crippen molar-refractivity contribution in [3.05, 3.63) is 53.5 Å². The van der Waals surface area contributed by atoms with Crippen LogP contribution in [-0.4, -0.2) is 37.8 Å². The van der Waals surface area contributed by atoms with E-state index in [1.807, 2.05) is 12.1 Å². The van der Waals surface area contributed by atoms with Crippen molar-refractivity contribution >= 4 is 15.9 Å². The summed E-state index contributed by atoms with van der Waals surface area (Å²) in [6, 6.07) is 10.5. The number of amides is 1. The average Bonchev–Trinajstić information content (AvgIpc) is 3.14. The molecule has 1 aliphatic rings. The van der Waals surface area contributed by atoms with Crippen molar-refractivity contribution in [3.63, 3.8) is 0 Å². The molecule has 0 aliphatic carbocycles. The molecule has 1 aromatic heterocycles. The molecule has 0 radical (unpaired) electrons. The van der Waals surface area contributed by atoms with Gasteiger partial charge in [-0.25, -0.2) is 8.42 Å². The van der Waals surface area contributed by atoms with Crippen LogP contribution in [0.1, 0.15) is 60.9 Å². The van der Waals surface area contributed by atoms with Crippen LogP contribution in [0.25, 0.3) is 0 Å². The Labute approximate surface area is 167 Å². The zero-order chi connectivity index (χ0) is 20.3. The summed E-state index contributed by atoms with van der Waals surface area (Å²) in [5, 5.41) is 2.93.